The van der Waals surface area contributed by atoms with Gasteiger partial charge in [-0.1, -0.05) is 43.2 Å². The highest BCUT2D eigenvalue weighted by atomic mass is 32.2. The van der Waals surface area contributed by atoms with Crippen molar-refractivity contribution in [2.24, 2.45) is 0 Å². The number of aromatic nitrogens is 2. The van der Waals surface area contributed by atoms with E-state index in [0.29, 0.717) is 18.3 Å². The van der Waals surface area contributed by atoms with Crippen molar-refractivity contribution >= 4 is 46.0 Å². The van der Waals surface area contributed by atoms with Crippen LogP contribution in [0.3, 0.4) is 0 Å². The molecular formula is C25H28N4O2S. The van der Waals surface area contributed by atoms with Gasteiger partial charge in [-0.05, 0) is 55.2 Å². The molecule has 0 spiro atoms. The monoisotopic (exact) mass is 448 g/mol. The van der Waals surface area contributed by atoms with Crippen molar-refractivity contribution in [2.45, 2.75) is 56.6 Å². The summed E-state index contributed by atoms with van der Waals surface area (Å²) in [6.07, 6.45) is 6.97. The van der Waals surface area contributed by atoms with Gasteiger partial charge in [0.25, 0.3) is 0 Å². The Morgan fingerprint density at radius 2 is 1.94 bits per heavy atom. The van der Waals surface area contributed by atoms with Crippen LogP contribution in [0.4, 0.5) is 11.4 Å². The molecule has 0 unspecified atom stereocenters. The van der Waals surface area contributed by atoms with E-state index in [-0.39, 0.29) is 11.8 Å². The molecule has 1 aromatic heterocycles. The van der Waals surface area contributed by atoms with Crippen LogP contribution in [-0.4, -0.2) is 33.7 Å². The first kappa shape index (κ1) is 21.1. The van der Waals surface area contributed by atoms with Crippen LogP contribution in [0.2, 0.25) is 0 Å². The molecule has 2 aliphatic rings. The van der Waals surface area contributed by atoms with Gasteiger partial charge in [0.15, 0.2) is 5.16 Å². The summed E-state index contributed by atoms with van der Waals surface area (Å²) in [5, 5.41) is 3.95. The average Bonchev–Trinajstić information content (AvgIpc) is 3.39. The van der Waals surface area contributed by atoms with Gasteiger partial charge in [-0.25, -0.2) is 4.98 Å². The molecule has 3 aromatic rings. The van der Waals surface area contributed by atoms with Crippen molar-refractivity contribution in [1.29, 1.82) is 0 Å². The van der Waals surface area contributed by atoms with Crippen LogP contribution in [-0.2, 0) is 16.0 Å². The molecule has 1 N–H and O–H groups in total. The van der Waals surface area contributed by atoms with Gasteiger partial charge in [0.1, 0.15) is 0 Å². The van der Waals surface area contributed by atoms with Crippen molar-refractivity contribution in [2.75, 3.05) is 22.5 Å². The molecule has 1 fully saturated rings. The molecule has 0 saturated heterocycles. The molecule has 5 rings (SSSR count). The van der Waals surface area contributed by atoms with Gasteiger partial charge in [-0.2, -0.15) is 0 Å². The maximum absolute atomic E-state index is 12.7. The number of imidazole rings is 1. The summed E-state index contributed by atoms with van der Waals surface area (Å²) in [5.41, 5.74) is 4.99. The van der Waals surface area contributed by atoms with Gasteiger partial charge < -0.3 is 14.8 Å². The zero-order chi connectivity index (χ0) is 22.1. The minimum atomic E-state index is -0.0429. The Balaban J connectivity index is 1.29. The standard InChI is InChI=1S/C25H28N4O2S/c1-17(30)28-14-13-18-15-19(11-12-22(18)28)26-24(31)16-32-25-27-21-9-5-6-10-23(21)29(25)20-7-3-2-4-8-20/h5-6,9-12,15,20H,2-4,7-8,13-14,16H2,1H3,(H,26,31). The molecule has 32 heavy (non-hydrogen) atoms. The number of carbonyl (C=O) groups excluding carboxylic acids is 2. The highest BCUT2D eigenvalue weighted by molar-refractivity contribution is 7.99. The first-order chi connectivity index (χ1) is 15.6. The minimum absolute atomic E-state index is 0.0429. The van der Waals surface area contributed by atoms with Gasteiger partial charge >= 0.3 is 0 Å². The quantitative estimate of drug-likeness (QED) is 0.546. The lowest BCUT2D eigenvalue weighted by Gasteiger charge is -2.25. The third kappa shape index (κ3) is 4.13. The predicted molar refractivity (Wildman–Crippen MR) is 129 cm³/mol. The van der Waals surface area contributed by atoms with E-state index in [1.165, 1.54) is 43.9 Å². The number of fused-ring (bicyclic) bond motifs is 2. The normalized spacial score (nSPS) is 16.3. The number of para-hydroxylation sites is 2. The number of amides is 2. The zero-order valence-electron chi connectivity index (χ0n) is 18.3. The summed E-state index contributed by atoms with van der Waals surface area (Å²) in [6, 6.07) is 14.5. The molecule has 2 amide bonds. The number of benzene rings is 2. The average molecular weight is 449 g/mol. The number of rotatable bonds is 5. The number of nitrogens with zero attached hydrogens (tertiary/aromatic N) is 3. The highest BCUT2D eigenvalue weighted by Crippen LogP contribution is 2.36. The Hall–Kier alpha value is -2.80. The molecule has 1 saturated carbocycles. The smallest absolute Gasteiger partial charge is 0.234 e. The molecule has 166 valence electrons. The van der Waals surface area contributed by atoms with E-state index in [1.807, 2.05) is 30.3 Å². The number of thioether (sulfide) groups is 1. The molecular weight excluding hydrogens is 420 g/mol. The fraction of sp³-hybridized carbons (Fsp3) is 0.400. The summed E-state index contributed by atoms with van der Waals surface area (Å²) in [4.78, 5) is 31.1. The lowest BCUT2D eigenvalue weighted by molar-refractivity contribution is -0.116. The third-order valence-electron chi connectivity index (χ3n) is 6.47. The van der Waals surface area contributed by atoms with E-state index in [9.17, 15) is 9.59 Å². The SMILES string of the molecule is CC(=O)N1CCc2cc(NC(=O)CSc3nc4ccccc4n3C3CCCCC3)ccc21. The molecule has 0 bridgehead atoms. The fourth-order valence-corrected chi connectivity index (χ4v) is 5.83. The molecule has 1 aliphatic carbocycles. The van der Waals surface area contributed by atoms with E-state index in [0.717, 1.165) is 39.5 Å². The molecule has 0 radical (unpaired) electrons. The highest BCUT2D eigenvalue weighted by Gasteiger charge is 2.24. The van der Waals surface area contributed by atoms with E-state index in [2.05, 4.69) is 22.0 Å². The number of hydrogen-bond acceptors (Lipinski definition) is 4. The maximum atomic E-state index is 12.7. The first-order valence-electron chi connectivity index (χ1n) is 11.4. The predicted octanol–water partition coefficient (Wildman–Crippen LogP) is 5.18. The van der Waals surface area contributed by atoms with Crippen molar-refractivity contribution in [3.8, 4) is 0 Å². The minimum Gasteiger partial charge on any atom is -0.325 e. The van der Waals surface area contributed by atoms with Crippen LogP contribution in [0.15, 0.2) is 47.6 Å². The molecule has 1 aliphatic heterocycles. The fourth-order valence-electron chi connectivity index (χ4n) is 4.95. The Labute approximate surface area is 192 Å². The van der Waals surface area contributed by atoms with E-state index in [4.69, 9.17) is 4.98 Å². The van der Waals surface area contributed by atoms with Crippen molar-refractivity contribution < 1.29 is 9.59 Å². The second kappa shape index (κ2) is 8.98. The lowest BCUT2D eigenvalue weighted by atomic mass is 9.95. The van der Waals surface area contributed by atoms with Gasteiger partial charge in [-0.15, -0.1) is 0 Å². The Morgan fingerprint density at radius 1 is 1.12 bits per heavy atom. The Bertz CT molecular complexity index is 1170. The lowest BCUT2D eigenvalue weighted by Crippen LogP contribution is -2.25. The number of nitrogens with one attached hydrogen (secondary N) is 1. The van der Waals surface area contributed by atoms with Crippen LogP contribution < -0.4 is 10.2 Å². The number of anilines is 2. The summed E-state index contributed by atoms with van der Waals surface area (Å²) in [5.74, 6) is 0.323. The topological polar surface area (TPSA) is 67.2 Å². The second-order valence-corrected chi connectivity index (χ2v) is 9.59. The second-order valence-electron chi connectivity index (χ2n) is 8.65. The maximum Gasteiger partial charge on any atom is 0.234 e. The van der Waals surface area contributed by atoms with Gasteiger partial charge in [0.05, 0.1) is 16.8 Å². The van der Waals surface area contributed by atoms with Gasteiger partial charge in [0, 0.05) is 30.9 Å². The number of carbonyl (C=O) groups is 2. The van der Waals surface area contributed by atoms with Crippen LogP contribution in [0.1, 0.15) is 50.6 Å². The number of hydrogen-bond donors (Lipinski definition) is 1. The summed E-state index contributed by atoms with van der Waals surface area (Å²) in [6.45, 7) is 2.29. The Kier molecular flexibility index (Phi) is 5.91. The van der Waals surface area contributed by atoms with Crippen LogP contribution in [0.25, 0.3) is 11.0 Å². The third-order valence-corrected chi connectivity index (χ3v) is 7.43. The molecule has 0 atom stereocenters. The summed E-state index contributed by atoms with van der Waals surface area (Å²) in [7, 11) is 0. The van der Waals surface area contributed by atoms with Gasteiger partial charge in [0.2, 0.25) is 11.8 Å². The molecule has 7 heteroatoms. The first-order valence-corrected chi connectivity index (χ1v) is 12.4. The summed E-state index contributed by atoms with van der Waals surface area (Å²) < 4.78 is 2.36. The van der Waals surface area contributed by atoms with E-state index in [1.54, 1.807) is 11.8 Å². The van der Waals surface area contributed by atoms with E-state index < -0.39 is 0 Å². The molecule has 6 nitrogen and oxygen atoms in total. The van der Waals surface area contributed by atoms with Crippen LogP contribution in [0, 0.1) is 0 Å². The molecule has 2 aromatic carbocycles. The van der Waals surface area contributed by atoms with Crippen LogP contribution >= 0.6 is 11.8 Å². The van der Waals surface area contributed by atoms with Crippen molar-refractivity contribution in [3.05, 3.63) is 48.0 Å². The van der Waals surface area contributed by atoms with Crippen LogP contribution in [0.5, 0.6) is 0 Å². The largest absolute Gasteiger partial charge is 0.325 e. The molecule has 2 heterocycles. The van der Waals surface area contributed by atoms with E-state index >= 15 is 0 Å². The zero-order valence-corrected chi connectivity index (χ0v) is 19.2. The Morgan fingerprint density at radius 3 is 2.75 bits per heavy atom. The summed E-state index contributed by atoms with van der Waals surface area (Å²) >= 11 is 1.51. The van der Waals surface area contributed by atoms with Gasteiger partial charge in [-0.3, -0.25) is 9.59 Å². The van der Waals surface area contributed by atoms with Crippen molar-refractivity contribution in [1.82, 2.24) is 9.55 Å². The van der Waals surface area contributed by atoms with Crippen molar-refractivity contribution in [3.63, 3.8) is 0 Å².